The van der Waals surface area contributed by atoms with Gasteiger partial charge in [0.05, 0.1) is 12.2 Å². The summed E-state index contributed by atoms with van der Waals surface area (Å²) in [6, 6.07) is 11.1. The van der Waals surface area contributed by atoms with Crippen LogP contribution in [0.5, 0.6) is 5.75 Å². The Kier molecular flexibility index (Phi) is 10.4. The minimum absolute atomic E-state index is 0.186. The molecule has 4 N–H and O–H groups in total. The van der Waals surface area contributed by atoms with Crippen LogP contribution in [0, 0.1) is 0 Å². The Hall–Kier alpha value is -4.48. The van der Waals surface area contributed by atoms with Crippen molar-refractivity contribution in [1.29, 1.82) is 0 Å². The van der Waals surface area contributed by atoms with Gasteiger partial charge in [-0.3, -0.25) is 23.7 Å². The molecule has 20 heteroatoms. The number of hydrogen-bond donors (Lipinski definition) is 4. The van der Waals surface area contributed by atoms with Gasteiger partial charge in [0, 0.05) is 17.2 Å². The number of hydrogen-bond acceptors (Lipinski definition) is 11. The molecule has 0 amide bonds. The zero-order chi connectivity index (χ0) is 33.7. The molecular formula is C26H26F3N6O10P. The highest BCUT2D eigenvalue weighted by atomic mass is 31.2. The van der Waals surface area contributed by atoms with Gasteiger partial charge < -0.3 is 24.2 Å². The third kappa shape index (κ3) is 8.02. The number of azide groups is 1. The van der Waals surface area contributed by atoms with E-state index in [1.54, 1.807) is 30.3 Å². The predicted octanol–water partition coefficient (Wildman–Crippen LogP) is 2.74. The van der Waals surface area contributed by atoms with E-state index in [1.807, 2.05) is 4.98 Å². The van der Waals surface area contributed by atoms with Crippen LogP contribution in [0.25, 0.3) is 10.4 Å². The van der Waals surface area contributed by atoms with Gasteiger partial charge in [-0.2, -0.15) is 18.3 Å². The zero-order valence-electron chi connectivity index (χ0n) is 23.6. The molecule has 1 aromatic heterocycles. The molecule has 1 saturated heterocycles. The SMILES string of the molecule is C[C@H](NP(=O)(OC[C@@]1(N=[N+]=[N-])O[C@@H](n2ccc(=O)[nH]c2=O)[C@H](O)[C@@H]1O)Oc1cccc(C(F)(F)F)c1)C(=O)OCc1ccccc1. The summed E-state index contributed by atoms with van der Waals surface area (Å²) in [5.41, 5.74) is 4.15. The number of esters is 1. The van der Waals surface area contributed by atoms with Crippen molar-refractivity contribution in [2.24, 2.45) is 5.11 Å². The van der Waals surface area contributed by atoms with Crippen LogP contribution in [0.2, 0.25) is 0 Å². The summed E-state index contributed by atoms with van der Waals surface area (Å²) in [5.74, 6) is -1.60. The Morgan fingerprint density at radius 3 is 2.59 bits per heavy atom. The molecular weight excluding hydrogens is 644 g/mol. The molecule has 4 rings (SSSR count). The van der Waals surface area contributed by atoms with E-state index in [4.69, 9.17) is 18.5 Å². The van der Waals surface area contributed by atoms with Gasteiger partial charge in [0.15, 0.2) is 6.23 Å². The summed E-state index contributed by atoms with van der Waals surface area (Å²) in [4.78, 5) is 41.0. The van der Waals surface area contributed by atoms with Crippen molar-refractivity contribution in [1.82, 2.24) is 14.6 Å². The smallest absolute Gasteiger partial charge is 0.459 e. The number of H-pyrrole nitrogens is 1. The number of aromatic amines is 1. The highest BCUT2D eigenvalue weighted by molar-refractivity contribution is 7.52. The first-order chi connectivity index (χ1) is 21.7. The molecule has 2 aromatic carbocycles. The molecule has 0 radical (unpaired) electrons. The van der Waals surface area contributed by atoms with E-state index in [-0.39, 0.29) is 6.61 Å². The Morgan fingerprint density at radius 1 is 1.22 bits per heavy atom. The van der Waals surface area contributed by atoms with Crippen molar-refractivity contribution in [3.63, 3.8) is 0 Å². The summed E-state index contributed by atoms with van der Waals surface area (Å²) >= 11 is 0. The molecule has 0 aliphatic carbocycles. The van der Waals surface area contributed by atoms with Crippen molar-refractivity contribution >= 4 is 13.7 Å². The minimum atomic E-state index is -4.98. The van der Waals surface area contributed by atoms with Crippen LogP contribution in [0.3, 0.4) is 0 Å². The van der Waals surface area contributed by atoms with Gasteiger partial charge in [-0.15, -0.1) is 0 Å². The van der Waals surface area contributed by atoms with Crippen LogP contribution in [0.4, 0.5) is 13.2 Å². The molecule has 0 bridgehead atoms. The fraction of sp³-hybridized carbons (Fsp3) is 0.346. The quantitative estimate of drug-likeness (QED) is 0.0720. The predicted molar refractivity (Wildman–Crippen MR) is 150 cm³/mol. The fourth-order valence-electron chi connectivity index (χ4n) is 4.21. The van der Waals surface area contributed by atoms with Gasteiger partial charge in [0.25, 0.3) is 5.56 Å². The van der Waals surface area contributed by atoms with Crippen LogP contribution in [0.1, 0.15) is 24.3 Å². The first kappa shape index (κ1) is 34.4. The van der Waals surface area contributed by atoms with E-state index in [9.17, 15) is 47.9 Å². The highest BCUT2D eigenvalue weighted by Crippen LogP contribution is 2.49. The summed E-state index contributed by atoms with van der Waals surface area (Å²) in [6.07, 6.45) is -9.84. The number of nitrogens with one attached hydrogen (secondary N) is 2. The van der Waals surface area contributed by atoms with Crippen LogP contribution in [-0.4, -0.2) is 56.3 Å². The Balaban J connectivity index is 1.62. The van der Waals surface area contributed by atoms with Gasteiger partial charge in [0.1, 0.15) is 30.6 Å². The maximum atomic E-state index is 14.0. The first-order valence-corrected chi connectivity index (χ1v) is 14.7. The number of nitrogens with zero attached hydrogens (tertiary/aromatic N) is 4. The third-order valence-corrected chi connectivity index (χ3v) is 8.12. The second kappa shape index (κ2) is 13.9. The van der Waals surface area contributed by atoms with E-state index < -0.39 is 79.3 Å². The van der Waals surface area contributed by atoms with E-state index in [1.165, 1.54) is 6.92 Å². The lowest BCUT2D eigenvalue weighted by Gasteiger charge is -2.29. The number of carbonyl (C=O) groups excluding carboxylic acids is 1. The van der Waals surface area contributed by atoms with Crippen molar-refractivity contribution < 1.29 is 51.3 Å². The third-order valence-electron chi connectivity index (χ3n) is 6.50. The van der Waals surface area contributed by atoms with Gasteiger partial charge >= 0.3 is 25.6 Å². The van der Waals surface area contributed by atoms with Gasteiger partial charge in [-0.25, -0.2) is 9.36 Å². The van der Waals surface area contributed by atoms with Crippen molar-refractivity contribution in [2.45, 2.75) is 49.9 Å². The van der Waals surface area contributed by atoms with Gasteiger partial charge in [-0.05, 0) is 36.2 Å². The van der Waals surface area contributed by atoms with Crippen molar-refractivity contribution in [3.05, 3.63) is 109 Å². The second-order valence-corrected chi connectivity index (χ2v) is 11.5. The average Bonchev–Trinajstić information content (AvgIpc) is 3.24. The number of aliphatic hydroxyl groups is 2. The normalized spacial score (nSPS) is 23.1. The molecule has 0 saturated carbocycles. The first-order valence-electron chi connectivity index (χ1n) is 13.2. The number of alkyl halides is 3. The summed E-state index contributed by atoms with van der Waals surface area (Å²) in [5, 5.41) is 27.0. The van der Waals surface area contributed by atoms with E-state index in [0.717, 1.165) is 30.5 Å². The average molecular weight is 670 g/mol. The number of rotatable bonds is 12. The Bertz CT molecular complexity index is 1770. The molecule has 2 heterocycles. The summed E-state index contributed by atoms with van der Waals surface area (Å²) in [7, 11) is -4.98. The van der Waals surface area contributed by atoms with Gasteiger partial charge in [-0.1, -0.05) is 41.5 Å². The number of benzene rings is 2. The molecule has 1 unspecified atom stereocenters. The highest BCUT2D eigenvalue weighted by Gasteiger charge is 2.56. The Labute approximate surface area is 256 Å². The lowest BCUT2D eigenvalue weighted by molar-refractivity contribution is -0.146. The second-order valence-electron chi connectivity index (χ2n) is 9.83. The maximum Gasteiger partial charge on any atom is 0.459 e. The largest absolute Gasteiger partial charge is 0.460 e. The van der Waals surface area contributed by atoms with Crippen LogP contribution < -0.4 is 20.9 Å². The molecule has 1 aliphatic rings. The van der Waals surface area contributed by atoms with E-state index in [0.29, 0.717) is 16.2 Å². The number of aliphatic hydroxyl groups excluding tert-OH is 2. The summed E-state index contributed by atoms with van der Waals surface area (Å²) < 4.78 is 76.1. The molecule has 3 aromatic rings. The van der Waals surface area contributed by atoms with Crippen LogP contribution in [0.15, 0.2) is 81.6 Å². The lowest BCUT2D eigenvalue weighted by atomic mass is 10.1. The number of aromatic nitrogens is 2. The minimum Gasteiger partial charge on any atom is -0.460 e. The molecule has 46 heavy (non-hydrogen) atoms. The molecule has 1 fully saturated rings. The molecule has 16 nitrogen and oxygen atoms in total. The molecule has 0 spiro atoms. The van der Waals surface area contributed by atoms with E-state index in [2.05, 4.69) is 15.1 Å². The standard InChI is InChI=1S/C26H26F3N6O10P/c1-15(23(39)42-13-16-6-3-2-4-7-16)32-46(41,45-18-9-5-8-17(12-18)26(27,28)29)43-14-25(33-34-30)21(38)20(37)22(44-25)35-11-10-19(36)31-24(35)40/h2-12,15,20-22,37-38H,13-14H2,1H3,(H,32,41)(H,31,36,40)/t15-,20+,21-,22+,25+,46?/m0/s1. The molecule has 246 valence electrons. The number of carbonyl (C=O) groups is 1. The topological polar surface area (TPSA) is 227 Å². The zero-order valence-corrected chi connectivity index (χ0v) is 24.5. The van der Waals surface area contributed by atoms with E-state index >= 15 is 0 Å². The number of halogens is 3. The monoisotopic (exact) mass is 670 g/mol. The fourth-order valence-corrected chi connectivity index (χ4v) is 5.71. The molecule has 1 aliphatic heterocycles. The van der Waals surface area contributed by atoms with Crippen LogP contribution in [-0.2, 0) is 36.1 Å². The maximum absolute atomic E-state index is 14.0. The van der Waals surface area contributed by atoms with Gasteiger partial charge in [0.2, 0.25) is 5.72 Å². The Morgan fingerprint density at radius 2 is 1.93 bits per heavy atom. The number of ether oxygens (including phenoxy) is 2. The lowest BCUT2D eigenvalue weighted by Crippen LogP contribution is -2.45. The van der Waals surface area contributed by atoms with Crippen molar-refractivity contribution in [3.8, 4) is 5.75 Å². The van der Waals surface area contributed by atoms with Crippen LogP contribution >= 0.6 is 7.75 Å². The molecule has 6 atom stereocenters. The van der Waals surface area contributed by atoms with Crippen molar-refractivity contribution in [2.75, 3.05) is 6.61 Å². The summed E-state index contributed by atoms with van der Waals surface area (Å²) in [6.45, 7) is -0.209.